The number of halogens is 1. The Kier molecular flexibility index (Phi) is 9.71. The molecule has 4 atom stereocenters. The van der Waals surface area contributed by atoms with Crippen molar-refractivity contribution in [2.75, 3.05) is 31.8 Å². The Bertz CT molecular complexity index is 1050. The zero-order valence-corrected chi connectivity index (χ0v) is 21.6. The van der Waals surface area contributed by atoms with E-state index in [9.17, 15) is 4.89 Å². The van der Waals surface area contributed by atoms with Gasteiger partial charge < -0.3 is 34.8 Å². The third-order valence-electron chi connectivity index (χ3n) is 5.98. The number of fused-ring (bicyclic) bond motifs is 1. The third-order valence-corrected chi connectivity index (χ3v) is 6.69. The Balaban J connectivity index is 1.35. The Morgan fingerprint density at radius 1 is 1.39 bits per heavy atom. The lowest BCUT2D eigenvalue weighted by Crippen LogP contribution is -2.28. The van der Waals surface area contributed by atoms with Gasteiger partial charge in [0.1, 0.15) is 12.4 Å². The van der Waals surface area contributed by atoms with Gasteiger partial charge in [0.05, 0.1) is 30.9 Å². The molecule has 0 amide bonds. The molecule has 36 heavy (non-hydrogen) atoms. The van der Waals surface area contributed by atoms with E-state index in [1.165, 1.54) is 19.5 Å². The van der Waals surface area contributed by atoms with E-state index in [0.29, 0.717) is 23.9 Å². The van der Waals surface area contributed by atoms with Gasteiger partial charge in [0.2, 0.25) is 5.28 Å². The van der Waals surface area contributed by atoms with Crippen LogP contribution in [0.3, 0.4) is 0 Å². The normalized spacial score (nSPS) is 22.8. The van der Waals surface area contributed by atoms with E-state index in [1.807, 2.05) is 0 Å². The highest BCUT2D eigenvalue weighted by Gasteiger charge is 2.30. The van der Waals surface area contributed by atoms with Crippen LogP contribution in [0, 0.1) is 5.53 Å². The second-order valence-corrected chi connectivity index (χ2v) is 10.1. The Hall–Kier alpha value is -2.06. The maximum absolute atomic E-state index is 9.66. The van der Waals surface area contributed by atoms with Crippen LogP contribution < -0.4 is 11.2 Å². The van der Waals surface area contributed by atoms with Crippen LogP contribution in [0.25, 0.3) is 11.0 Å². The number of hydrogen-bond acceptors (Lipinski definition) is 12. The van der Waals surface area contributed by atoms with Gasteiger partial charge in [0.15, 0.2) is 32.4 Å². The molecular formula is C20H31ClN9O5P. The summed E-state index contributed by atoms with van der Waals surface area (Å²) in [7, 11) is -1.68. The molecule has 2 fully saturated rings. The fourth-order valence-corrected chi connectivity index (χ4v) is 4.94. The molecule has 198 valence electrons. The molecular weight excluding hydrogens is 513 g/mol. The summed E-state index contributed by atoms with van der Waals surface area (Å²) >= 11 is 6.24. The molecule has 4 rings (SSSR count). The van der Waals surface area contributed by atoms with Gasteiger partial charge in [-0.2, -0.15) is 20.2 Å². The van der Waals surface area contributed by atoms with Crippen LogP contribution in [0.5, 0.6) is 0 Å². The first-order chi connectivity index (χ1) is 17.5. The van der Waals surface area contributed by atoms with E-state index < -0.39 is 14.7 Å². The summed E-state index contributed by atoms with van der Waals surface area (Å²) in [6, 6.07) is 0.379. The average Bonchev–Trinajstić information content (AvgIpc) is 3.61. The minimum absolute atomic E-state index is 0.00605. The predicted molar refractivity (Wildman–Crippen MR) is 133 cm³/mol. The number of ether oxygens (including phenoxy) is 3. The highest BCUT2D eigenvalue weighted by Crippen LogP contribution is 2.34. The van der Waals surface area contributed by atoms with Gasteiger partial charge in [0.25, 0.3) is 0 Å². The van der Waals surface area contributed by atoms with Crippen molar-refractivity contribution in [3.05, 3.63) is 11.5 Å². The number of nitrogens with zero attached hydrogens (tertiary/aromatic N) is 6. The van der Waals surface area contributed by atoms with Crippen molar-refractivity contribution in [1.82, 2.24) is 19.7 Å². The van der Waals surface area contributed by atoms with Crippen molar-refractivity contribution in [3.63, 3.8) is 0 Å². The van der Waals surface area contributed by atoms with E-state index in [0.717, 1.165) is 24.6 Å². The fourth-order valence-electron chi connectivity index (χ4n) is 4.31. The van der Waals surface area contributed by atoms with E-state index >= 15 is 0 Å². The molecule has 1 aliphatic carbocycles. The molecule has 4 unspecified atom stereocenters. The molecule has 0 aromatic carbocycles. The van der Waals surface area contributed by atoms with Crippen molar-refractivity contribution in [2.24, 2.45) is 16.1 Å². The van der Waals surface area contributed by atoms with E-state index in [2.05, 4.69) is 30.6 Å². The quantitative estimate of drug-likeness (QED) is 0.0452. The molecule has 0 spiro atoms. The predicted octanol–water partition coefficient (Wildman–Crippen LogP) is 3.12. The van der Waals surface area contributed by atoms with Crippen LogP contribution in [-0.2, 0) is 18.7 Å². The monoisotopic (exact) mass is 543 g/mol. The molecule has 1 aliphatic heterocycles. The number of hydrogen-bond donors (Lipinski definition) is 4. The topological polar surface area (TPSA) is 187 Å². The first-order valence-corrected chi connectivity index (χ1v) is 13.8. The first-order valence-electron chi connectivity index (χ1n) is 11.7. The van der Waals surface area contributed by atoms with E-state index in [4.69, 9.17) is 41.7 Å². The van der Waals surface area contributed by atoms with Crippen LogP contribution in [0.15, 0.2) is 16.4 Å². The molecule has 14 nitrogen and oxygen atoms in total. The fraction of sp³-hybridized carbons (Fsp3) is 0.700. The molecule has 2 aromatic heterocycles. The molecule has 16 heteroatoms. The first kappa shape index (κ1) is 27.0. The van der Waals surface area contributed by atoms with Gasteiger partial charge >= 0.3 is 0 Å². The van der Waals surface area contributed by atoms with Crippen LogP contribution in [-0.4, -0.2) is 75.4 Å². The summed E-state index contributed by atoms with van der Waals surface area (Å²) in [5.41, 5.74) is 7.56. The van der Waals surface area contributed by atoms with Crippen LogP contribution in [0.4, 0.5) is 5.82 Å². The molecule has 2 aliphatic rings. The average molecular weight is 544 g/mol. The zero-order valence-electron chi connectivity index (χ0n) is 19.9. The van der Waals surface area contributed by atoms with Gasteiger partial charge in [-0.3, -0.25) is 0 Å². The maximum atomic E-state index is 9.66. The second-order valence-electron chi connectivity index (χ2n) is 8.59. The van der Waals surface area contributed by atoms with Crippen molar-refractivity contribution >= 4 is 42.7 Å². The van der Waals surface area contributed by atoms with Crippen LogP contribution >= 0.6 is 20.0 Å². The molecule has 0 radical (unpaired) electrons. The van der Waals surface area contributed by atoms with Gasteiger partial charge in [-0.15, -0.1) is 5.11 Å². The van der Waals surface area contributed by atoms with Crippen molar-refractivity contribution in [1.29, 1.82) is 5.53 Å². The van der Waals surface area contributed by atoms with E-state index in [1.54, 1.807) is 10.9 Å². The molecule has 3 heterocycles. The number of nitrogens with one attached hydrogen (secondary N) is 2. The Labute approximate surface area is 214 Å². The number of rotatable bonds is 12. The molecule has 0 bridgehead atoms. The van der Waals surface area contributed by atoms with Gasteiger partial charge in [-0.25, -0.2) is 10.2 Å². The largest absolute Gasteiger partial charge is 0.368 e. The summed E-state index contributed by atoms with van der Waals surface area (Å²) in [5.74, 6) is 5.84. The number of nitrogens with two attached hydrogens (primary N) is 1. The lowest BCUT2D eigenvalue weighted by Gasteiger charge is -2.21. The van der Waals surface area contributed by atoms with Crippen LogP contribution in [0.1, 0.15) is 44.8 Å². The SMILES string of the molecule is CP(O)OC(COC/C(N=N)=N/N)OCC1CCC(n2ncc3c(NC4CCCC4)nc(Cl)nc32)O1. The number of amidine groups is 1. The Morgan fingerprint density at radius 3 is 2.92 bits per heavy atom. The molecule has 1 saturated carbocycles. The van der Waals surface area contributed by atoms with Crippen LogP contribution in [0.2, 0.25) is 5.28 Å². The Morgan fingerprint density at radius 2 is 2.19 bits per heavy atom. The summed E-state index contributed by atoms with van der Waals surface area (Å²) in [6.07, 6.45) is 6.42. The standard InChI is InChI=1S/C20H31ClN9O5P/c1-36(31)35-17(11-32-10-15(28-22)29-23)33-9-13-6-7-16(34-13)30-19-14(8-24-30)18(26-20(21)27-19)25-12-4-2-3-5-12/h8,12-13,16-17,22,31H,2-7,9-11,23H2,1H3,(H,25,26,27)/b28-22?,29-15-. The molecule has 1 saturated heterocycles. The summed E-state index contributed by atoms with van der Waals surface area (Å²) in [5, 5.41) is 15.4. The number of anilines is 1. The van der Waals surface area contributed by atoms with Crippen molar-refractivity contribution < 1.29 is 23.6 Å². The van der Waals surface area contributed by atoms with Gasteiger partial charge in [0, 0.05) is 12.7 Å². The van der Waals surface area contributed by atoms with Gasteiger partial charge in [-0.05, 0) is 37.3 Å². The lowest BCUT2D eigenvalue weighted by atomic mass is 10.2. The number of aromatic nitrogens is 4. The van der Waals surface area contributed by atoms with E-state index in [-0.39, 0.29) is 43.3 Å². The minimum atomic E-state index is -1.68. The maximum Gasteiger partial charge on any atom is 0.226 e. The third kappa shape index (κ3) is 7.03. The number of hydrazone groups is 1. The lowest BCUT2D eigenvalue weighted by molar-refractivity contribution is -0.144. The highest BCUT2D eigenvalue weighted by atomic mass is 35.5. The summed E-state index contributed by atoms with van der Waals surface area (Å²) in [4.78, 5) is 18.5. The second kappa shape index (κ2) is 13.0. The minimum Gasteiger partial charge on any atom is -0.368 e. The molecule has 2 aromatic rings. The summed E-state index contributed by atoms with van der Waals surface area (Å²) < 4.78 is 24.5. The van der Waals surface area contributed by atoms with Crippen molar-refractivity contribution in [3.8, 4) is 0 Å². The zero-order chi connectivity index (χ0) is 25.5. The van der Waals surface area contributed by atoms with Crippen molar-refractivity contribution in [2.45, 2.75) is 63.2 Å². The molecule has 5 N–H and O–H groups in total. The smallest absolute Gasteiger partial charge is 0.226 e. The van der Waals surface area contributed by atoms with Gasteiger partial charge in [-0.1, -0.05) is 12.8 Å². The highest BCUT2D eigenvalue weighted by molar-refractivity contribution is 7.45. The summed E-state index contributed by atoms with van der Waals surface area (Å²) in [6.45, 7) is 1.67.